The van der Waals surface area contributed by atoms with Gasteiger partial charge in [-0.3, -0.25) is 0 Å². The van der Waals surface area contributed by atoms with Crippen molar-refractivity contribution in [2.75, 3.05) is 12.4 Å². The number of amides is 1. The number of nitrogens with zero attached hydrogens (tertiary/aromatic N) is 1. The molecule has 0 spiro atoms. The number of nitrogens with one attached hydrogen (secondary N) is 1. The molecule has 1 amide bonds. The van der Waals surface area contributed by atoms with Gasteiger partial charge in [-0.15, -0.1) is 11.3 Å². The number of hydrogen-bond donors (Lipinski definition) is 1. The summed E-state index contributed by atoms with van der Waals surface area (Å²) in [6.45, 7) is 8.17. The quantitative estimate of drug-likeness (QED) is 0.697. The van der Waals surface area contributed by atoms with Crippen LogP contribution in [-0.2, 0) is 11.3 Å². The van der Waals surface area contributed by atoms with Gasteiger partial charge in [0.15, 0.2) is 0 Å². The van der Waals surface area contributed by atoms with Gasteiger partial charge in [0, 0.05) is 25.3 Å². The normalized spacial score (nSPS) is 12.6. The summed E-state index contributed by atoms with van der Waals surface area (Å²) < 4.78 is 6.18. The third-order valence-electron chi connectivity index (χ3n) is 3.52. The molecule has 0 saturated heterocycles. The molecule has 0 fully saturated rings. The van der Waals surface area contributed by atoms with Crippen molar-refractivity contribution in [2.24, 2.45) is 0 Å². The van der Waals surface area contributed by atoms with Crippen molar-refractivity contribution in [1.29, 1.82) is 0 Å². The minimum atomic E-state index is -0.494. The Bertz CT molecular complexity index is 724. The van der Waals surface area contributed by atoms with E-state index in [0.717, 1.165) is 21.2 Å². The molecule has 0 aliphatic carbocycles. The zero-order valence-corrected chi connectivity index (χ0v) is 16.9. The van der Waals surface area contributed by atoms with Crippen molar-refractivity contribution in [1.82, 2.24) is 4.90 Å². The molecule has 0 saturated carbocycles. The number of carbonyl (C=O) groups is 1. The van der Waals surface area contributed by atoms with Crippen LogP contribution in [0.15, 0.2) is 35.7 Å². The predicted octanol–water partition coefficient (Wildman–Crippen LogP) is 5.94. The van der Waals surface area contributed by atoms with Gasteiger partial charge in [-0.1, -0.05) is 23.7 Å². The van der Waals surface area contributed by atoms with Crippen molar-refractivity contribution in [3.8, 4) is 0 Å². The molecule has 2 aromatic rings. The third kappa shape index (κ3) is 6.25. The molecule has 1 unspecified atom stereocenters. The van der Waals surface area contributed by atoms with Gasteiger partial charge in [-0.2, -0.15) is 0 Å². The number of thiophene rings is 1. The second-order valence-corrected chi connectivity index (χ2v) is 8.63. The Morgan fingerprint density at radius 1 is 1.36 bits per heavy atom. The first-order valence-corrected chi connectivity index (χ1v) is 9.43. The van der Waals surface area contributed by atoms with E-state index in [9.17, 15) is 4.79 Å². The fourth-order valence-electron chi connectivity index (χ4n) is 2.32. The molecule has 1 heterocycles. The second kappa shape index (κ2) is 8.11. The Morgan fingerprint density at radius 2 is 2.08 bits per heavy atom. The van der Waals surface area contributed by atoms with Crippen LogP contribution in [0.1, 0.15) is 44.9 Å². The molecule has 1 atom stereocenters. The van der Waals surface area contributed by atoms with Crippen LogP contribution in [0.4, 0.5) is 10.5 Å². The Morgan fingerprint density at radius 3 is 2.68 bits per heavy atom. The average Bonchev–Trinajstić information content (AvgIpc) is 2.92. The number of ether oxygens (including phenoxy) is 1. The summed E-state index contributed by atoms with van der Waals surface area (Å²) in [5.41, 5.74) is 2.71. The van der Waals surface area contributed by atoms with E-state index in [1.54, 1.807) is 11.9 Å². The zero-order valence-electron chi connectivity index (χ0n) is 15.3. The van der Waals surface area contributed by atoms with Crippen LogP contribution in [0, 0.1) is 0 Å². The molecule has 0 aliphatic rings. The van der Waals surface area contributed by atoms with Crippen LogP contribution in [0.25, 0.3) is 0 Å². The van der Waals surface area contributed by atoms with Gasteiger partial charge in [0.2, 0.25) is 0 Å². The minimum Gasteiger partial charge on any atom is -0.444 e. The predicted molar refractivity (Wildman–Crippen MR) is 106 cm³/mol. The van der Waals surface area contributed by atoms with E-state index in [-0.39, 0.29) is 12.1 Å². The van der Waals surface area contributed by atoms with Crippen molar-refractivity contribution in [3.05, 3.63) is 51.2 Å². The van der Waals surface area contributed by atoms with Crippen LogP contribution in [-0.4, -0.2) is 23.6 Å². The molecule has 1 N–H and O–H groups in total. The van der Waals surface area contributed by atoms with Gasteiger partial charge in [0.05, 0.1) is 4.34 Å². The van der Waals surface area contributed by atoms with Crippen LogP contribution < -0.4 is 5.32 Å². The maximum Gasteiger partial charge on any atom is 0.410 e. The van der Waals surface area contributed by atoms with Crippen molar-refractivity contribution >= 4 is 34.7 Å². The molecule has 0 radical (unpaired) electrons. The van der Waals surface area contributed by atoms with E-state index in [2.05, 4.69) is 17.6 Å². The first-order chi connectivity index (χ1) is 11.6. The van der Waals surface area contributed by atoms with E-state index in [1.807, 2.05) is 51.1 Å². The summed E-state index contributed by atoms with van der Waals surface area (Å²) in [7, 11) is 1.74. The number of anilines is 1. The lowest BCUT2D eigenvalue weighted by Gasteiger charge is -2.25. The Balaban J connectivity index is 1.99. The first-order valence-electron chi connectivity index (χ1n) is 8.17. The first kappa shape index (κ1) is 19.6. The number of carbonyl (C=O) groups excluding carboxylic acids is 1. The van der Waals surface area contributed by atoms with Crippen LogP contribution in [0.2, 0.25) is 4.34 Å². The summed E-state index contributed by atoms with van der Waals surface area (Å²) in [5, 5.41) is 5.52. The van der Waals surface area contributed by atoms with Crippen molar-refractivity contribution < 1.29 is 9.53 Å². The van der Waals surface area contributed by atoms with Gasteiger partial charge in [-0.25, -0.2) is 4.79 Å². The monoisotopic (exact) mass is 380 g/mol. The molecule has 136 valence electrons. The fraction of sp³-hybridized carbons (Fsp3) is 0.421. The Kier molecular flexibility index (Phi) is 6.36. The summed E-state index contributed by atoms with van der Waals surface area (Å²) in [6, 6.07) is 10.2. The smallest absolute Gasteiger partial charge is 0.410 e. The Hall–Kier alpha value is -1.72. The molecule has 6 heteroatoms. The highest BCUT2D eigenvalue weighted by atomic mass is 35.5. The van der Waals surface area contributed by atoms with E-state index in [0.29, 0.717) is 6.54 Å². The third-order valence-corrected chi connectivity index (χ3v) is 4.63. The van der Waals surface area contributed by atoms with Crippen LogP contribution >= 0.6 is 22.9 Å². The molecule has 0 bridgehead atoms. The zero-order chi connectivity index (χ0) is 18.6. The number of benzene rings is 1. The number of halogens is 1. The average molecular weight is 381 g/mol. The molecule has 2 rings (SSSR count). The summed E-state index contributed by atoms with van der Waals surface area (Å²) in [5.74, 6) is 0. The van der Waals surface area contributed by atoms with Gasteiger partial charge in [0.1, 0.15) is 5.60 Å². The van der Waals surface area contributed by atoms with E-state index in [4.69, 9.17) is 16.3 Å². The largest absolute Gasteiger partial charge is 0.444 e. The highest BCUT2D eigenvalue weighted by Gasteiger charge is 2.19. The molecule has 1 aromatic carbocycles. The van der Waals surface area contributed by atoms with Crippen LogP contribution in [0.5, 0.6) is 0 Å². The highest BCUT2D eigenvalue weighted by Crippen LogP contribution is 2.27. The van der Waals surface area contributed by atoms with E-state index in [1.165, 1.54) is 11.3 Å². The lowest BCUT2D eigenvalue weighted by molar-refractivity contribution is 0.0285. The summed E-state index contributed by atoms with van der Waals surface area (Å²) in [4.78, 5) is 13.7. The lowest BCUT2D eigenvalue weighted by Crippen LogP contribution is -2.33. The van der Waals surface area contributed by atoms with Gasteiger partial charge < -0.3 is 15.0 Å². The molecule has 0 aliphatic heterocycles. The lowest BCUT2D eigenvalue weighted by atomic mass is 10.1. The fourth-order valence-corrected chi connectivity index (χ4v) is 3.31. The maximum absolute atomic E-state index is 12.1. The maximum atomic E-state index is 12.1. The summed E-state index contributed by atoms with van der Waals surface area (Å²) >= 11 is 7.54. The van der Waals surface area contributed by atoms with Gasteiger partial charge in [-0.05, 0) is 62.4 Å². The standard InChI is InChI=1S/C19H25ClN2O2S/c1-13(15-10-17(20)25-12-15)21-16-8-6-7-14(9-16)11-22(5)18(23)24-19(2,3)4/h6-10,12-13,21H,11H2,1-5H3. The highest BCUT2D eigenvalue weighted by molar-refractivity contribution is 7.14. The molecular weight excluding hydrogens is 356 g/mol. The summed E-state index contributed by atoms with van der Waals surface area (Å²) in [6.07, 6.45) is -0.327. The van der Waals surface area contributed by atoms with Gasteiger partial charge in [0.25, 0.3) is 0 Å². The van der Waals surface area contributed by atoms with Gasteiger partial charge >= 0.3 is 6.09 Å². The van der Waals surface area contributed by atoms with Crippen LogP contribution in [0.3, 0.4) is 0 Å². The number of rotatable bonds is 5. The SMILES string of the molecule is CC(Nc1cccc(CN(C)C(=O)OC(C)(C)C)c1)c1csc(Cl)c1. The van der Waals surface area contributed by atoms with E-state index < -0.39 is 5.60 Å². The molecule has 1 aromatic heterocycles. The molecular formula is C19H25ClN2O2S. The molecule has 25 heavy (non-hydrogen) atoms. The Labute approximate surface area is 158 Å². The van der Waals surface area contributed by atoms with E-state index >= 15 is 0 Å². The molecule has 4 nitrogen and oxygen atoms in total. The number of hydrogen-bond acceptors (Lipinski definition) is 4. The van der Waals surface area contributed by atoms with Crippen molar-refractivity contribution in [3.63, 3.8) is 0 Å². The second-order valence-electron chi connectivity index (χ2n) is 7.09. The topological polar surface area (TPSA) is 41.6 Å². The minimum absolute atomic E-state index is 0.155. The van der Waals surface area contributed by atoms with Crippen molar-refractivity contribution in [2.45, 2.75) is 45.9 Å².